The van der Waals surface area contributed by atoms with E-state index in [-0.39, 0.29) is 0 Å². The van der Waals surface area contributed by atoms with Gasteiger partial charge in [-0.3, -0.25) is 0 Å². The largest absolute Gasteiger partial charge is 0.249 e. The van der Waals surface area contributed by atoms with Gasteiger partial charge in [-0.2, -0.15) is 5.10 Å². The van der Waals surface area contributed by atoms with Crippen LogP contribution in [0, 0.1) is 6.92 Å². The van der Waals surface area contributed by atoms with Gasteiger partial charge in [0.15, 0.2) is 5.82 Å². The normalized spacial score (nSPS) is 14.8. The topological polar surface area (TPSA) is 30.7 Å². The number of hydrogen-bond donors (Lipinski definition) is 0. The fraction of sp³-hybridized carbons (Fsp3) is 0.385. The Morgan fingerprint density at radius 1 is 1.25 bits per heavy atom. The van der Waals surface area contributed by atoms with Crippen molar-refractivity contribution in [1.29, 1.82) is 0 Å². The third-order valence-corrected chi connectivity index (χ3v) is 3.04. The standard InChI is InChI=1S/C13H15N3/c1-10-5-4-6-11(9-10)13-14-12-7-2-3-8-16(12)15-13/h4-6,9H,2-3,7-8H2,1H3. The summed E-state index contributed by atoms with van der Waals surface area (Å²) in [4.78, 5) is 4.61. The van der Waals surface area contributed by atoms with Gasteiger partial charge < -0.3 is 0 Å². The number of rotatable bonds is 1. The van der Waals surface area contributed by atoms with Crippen molar-refractivity contribution in [2.24, 2.45) is 0 Å². The summed E-state index contributed by atoms with van der Waals surface area (Å²) in [6, 6.07) is 8.37. The maximum absolute atomic E-state index is 4.61. The molecule has 0 radical (unpaired) electrons. The average Bonchev–Trinajstić information content (AvgIpc) is 2.72. The minimum absolute atomic E-state index is 0.876. The summed E-state index contributed by atoms with van der Waals surface area (Å²) in [5.41, 5.74) is 2.38. The molecule has 0 saturated carbocycles. The van der Waals surface area contributed by atoms with Crippen LogP contribution < -0.4 is 0 Å². The molecule has 0 unspecified atom stereocenters. The molecule has 1 aliphatic heterocycles. The third kappa shape index (κ3) is 1.62. The van der Waals surface area contributed by atoms with Crippen LogP contribution in [0.25, 0.3) is 11.4 Å². The van der Waals surface area contributed by atoms with Gasteiger partial charge in [0.25, 0.3) is 0 Å². The lowest BCUT2D eigenvalue weighted by molar-refractivity contribution is 0.480. The molecule has 82 valence electrons. The summed E-state index contributed by atoms with van der Waals surface area (Å²) < 4.78 is 2.06. The predicted octanol–water partition coefficient (Wildman–Crippen LogP) is 2.59. The van der Waals surface area contributed by atoms with E-state index >= 15 is 0 Å². The molecular weight excluding hydrogens is 198 g/mol. The van der Waals surface area contributed by atoms with Crippen LogP contribution in [-0.2, 0) is 13.0 Å². The zero-order valence-electron chi connectivity index (χ0n) is 9.48. The third-order valence-electron chi connectivity index (χ3n) is 3.04. The van der Waals surface area contributed by atoms with Crippen LogP contribution in [0.15, 0.2) is 24.3 Å². The molecule has 2 heterocycles. The van der Waals surface area contributed by atoms with Crippen molar-refractivity contribution in [2.45, 2.75) is 32.7 Å². The predicted molar refractivity (Wildman–Crippen MR) is 63.1 cm³/mol. The number of fused-ring (bicyclic) bond motifs is 1. The number of aromatic nitrogens is 3. The van der Waals surface area contributed by atoms with E-state index in [1.54, 1.807) is 0 Å². The smallest absolute Gasteiger partial charge is 0.181 e. The maximum Gasteiger partial charge on any atom is 0.181 e. The van der Waals surface area contributed by atoms with Gasteiger partial charge in [0.2, 0.25) is 0 Å². The van der Waals surface area contributed by atoms with Gasteiger partial charge in [-0.05, 0) is 25.8 Å². The van der Waals surface area contributed by atoms with Crippen LogP contribution in [0.2, 0.25) is 0 Å². The number of hydrogen-bond acceptors (Lipinski definition) is 2. The van der Waals surface area contributed by atoms with Crippen LogP contribution >= 0.6 is 0 Å². The summed E-state index contributed by atoms with van der Waals surface area (Å²) in [5, 5.41) is 4.57. The summed E-state index contributed by atoms with van der Waals surface area (Å²) in [7, 11) is 0. The Kier molecular flexibility index (Phi) is 2.24. The lowest BCUT2D eigenvalue weighted by Gasteiger charge is -2.09. The summed E-state index contributed by atoms with van der Waals surface area (Å²) in [6.45, 7) is 3.12. The van der Waals surface area contributed by atoms with E-state index in [0.717, 1.165) is 30.2 Å². The van der Waals surface area contributed by atoms with E-state index in [2.05, 4.69) is 46.0 Å². The molecule has 3 rings (SSSR count). The van der Waals surface area contributed by atoms with Crippen molar-refractivity contribution >= 4 is 0 Å². The van der Waals surface area contributed by atoms with Gasteiger partial charge in [0.05, 0.1) is 0 Å². The van der Waals surface area contributed by atoms with Crippen LogP contribution in [0.5, 0.6) is 0 Å². The van der Waals surface area contributed by atoms with E-state index in [4.69, 9.17) is 0 Å². The Hall–Kier alpha value is -1.64. The monoisotopic (exact) mass is 213 g/mol. The Morgan fingerprint density at radius 3 is 3.00 bits per heavy atom. The molecular formula is C13H15N3. The summed E-state index contributed by atoms with van der Waals surface area (Å²) >= 11 is 0. The van der Waals surface area contributed by atoms with E-state index in [9.17, 15) is 0 Å². The van der Waals surface area contributed by atoms with Crippen molar-refractivity contribution in [3.05, 3.63) is 35.7 Å². The van der Waals surface area contributed by atoms with Crippen molar-refractivity contribution in [1.82, 2.24) is 14.8 Å². The van der Waals surface area contributed by atoms with Gasteiger partial charge in [-0.1, -0.05) is 23.8 Å². The van der Waals surface area contributed by atoms with Crippen LogP contribution in [0.1, 0.15) is 24.2 Å². The molecule has 0 N–H and O–H groups in total. The minimum Gasteiger partial charge on any atom is -0.249 e. The van der Waals surface area contributed by atoms with Crippen LogP contribution in [0.3, 0.4) is 0 Å². The molecule has 0 fully saturated rings. The highest BCUT2D eigenvalue weighted by molar-refractivity contribution is 5.55. The highest BCUT2D eigenvalue weighted by Gasteiger charge is 2.14. The van der Waals surface area contributed by atoms with Gasteiger partial charge in [-0.25, -0.2) is 9.67 Å². The molecule has 0 saturated heterocycles. The SMILES string of the molecule is Cc1cccc(-c2nc3n(n2)CCCC3)c1. The number of nitrogens with zero attached hydrogens (tertiary/aromatic N) is 3. The van der Waals surface area contributed by atoms with Crippen molar-refractivity contribution in [3.63, 3.8) is 0 Å². The summed E-state index contributed by atoms with van der Waals surface area (Å²) in [6.07, 6.45) is 3.54. The maximum atomic E-state index is 4.61. The van der Waals surface area contributed by atoms with Crippen LogP contribution in [0.4, 0.5) is 0 Å². The minimum atomic E-state index is 0.876. The number of aryl methyl sites for hydroxylation is 3. The first kappa shape index (κ1) is 9.58. The first-order valence-corrected chi connectivity index (χ1v) is 5.84. The molecule has 0 aliphatic carbocycles. The van der Waals surface area contributed by atoms with Crippen molar-refractivity contribution in [2.75, 3.05) is 0 Å². The van der Waals surface area contributed by atoms with Gasteiger partial charge in [0, 0.05) is 18.5 Å². The molecule has 3 nitrogen and oxygen atoms in total. The first-order chi connectivity index (χ1) is 7.83. The van der Waals surface area contributed by atoms with Crippen molar-refractivity contribution in [3.8, 4) is 11.4 Å². The molecule has 3 heteroatoms. The Balaban J connectivity index is 2.03. The van der Waals surface area contributed by atoms with Crippen LogP contribution in [-0.4, -0.2) is 14.8 Å². The lowest BCUT2D eigenvalue weighted by Crippen LogP contribution is -2.11. The second kappa shape index (κ2) is 3.74. The van der Waals surface area contributed by atoms with E-state index < -0.39 is 0 Å². The highest BCUT2D eigenvalue weighted by Crippen LogP contribution is 2.20. The molecule has 1 aromatic carbocycles. The molecule has 2 aromatic rings. The van der Waals surface area contributed by atoms with E-state index in [0.29, 0.717) is 0 Å². The average molecular weight is 213 g/mol. The molecule has 1 aromatic heterocycles. The number of benzene rings is 1. The Bertz CT molecular complexity index is 490. The quantitative estimate of drug-likeness (QED) is 0.729. The Morgan fingerprint density at radius 2 is 2.19 bits per heavy atom. The Labute approximate surface area is 95.1 Å². The van der Waals surface area contributed by atoms with Gasteiger partial charge in [-0.15, -0.1) is 0 Å². The van der Waals surface area contributed by atoms with E-state index in [1.165, 1.54) is 18.4 Å². The molecule has 0 amide bonds. The zero-order chi connectivity index (χ0) is 11.0. The zero-order valence-corrected chi connectivity index (χ0v) is 9.48. The van der Waals surface area contributed by atoms with Gasteiger partial charge >= 0.3 is 0 Å². The second-order valence-electron chi connectivity index (χ2n) is 4.40. The fourth-order valence-electron chi connectivity index (χ4n) is 2.19. The fourth-order valence-corrected chi connectivity index (χ4v) is 2.19. The molecule has 0 spiro atoms. The van der Waals surface area contributed by atoms with Gasteiger partial charge in [0.1, 0.15) is 5.82 Å². The lowest BCUT2D eigenvalue weighted by atomic mass is 10.1. The molecule has 0 bridgehead atoms. The summed E-state index contributed by atoms with van der Waals surface area (Å²) in [5.74, 6) is 2.02. The second-order valence-corrected chi connectivity index (χ2v) is 4.40. The molecule has 16 heavy (non-hydrogen) atoms. The molecule has 1 aliphatic rings. The van der Waals surface area contributed by atoms with Crippen molar-refractivity contribution < 1.29 is 0 Å². The first-order valence-electron chi connectivity index (χ1n) is 5.84. The highest BCUT2D eigenvalue weighted by atomic mass is 15.3. The van der Waals surface area contributed by atoms with E-state index in [1.807, 2.05) is 0 Å². The molecule has 0 atom stereocenters.